The van der Waals surface area contributed by atoms with Gasteiger partial charge in [0.25, 0.3) is 5.91 Å². The Hall–Kier alpha value is -2.95. The second-order valence-electron chi connectivity index (χ2n) is 6.16. The summed E-state index contributed by atoms with van der Waals surface area (Å²) in [6.45, 7) is 4.02. The Morgan fingerprint density at radius 3 is 2.68 bits per heavy atom. The summed E-state index contributed by atoms with van der Waals surface area (Å²) in [6.07, 6.45) is 1.24. The van der Waals surface area contributed by atoms with Gasteiger partial charge in [0.15, 0.2) is 0 Å². The summed E-state index contributed by atoms with van der Waals surface area (Å²) in [4.78, 5) is 28.9. The molecule has 0 aromatic heterocycles. The minimum Gasteiger partial charge on any atom is -0.296 e. The molecule has 5 heteroatoms. The zero-order valence-corrected chi connectivity index (χ0v) is 14.4. The molecule has 1 heterocycles. The molecule has 0 fully saturated rings. The normalized spacial score (nSPS) is 16.8. The highest BCUT2D eigenvalue weighted by Crippen LogP contribution is 2.24. The summed E-state index contributed by atoms with van der Waals surface area (Å²) in [5.74, 6) is -0.240. The summed E-state index contributed by atoms with van der Waals surface area (Å²) >= 11 is 0. The number of aryl methyl sites for hydroxylation is 2. The van der Waals surface area contributed by atoms with E-state index >= 15 is 0 Å². The highest BCUT2D eigenvalue weighted by Gasteiger charge is 2.23. The van der Waals surface area contributed by atoms with Gasteiger partial charge < -0.3 is 0 Å². The van der Waals surface area contributed by atoms with E-state index in [0.29, 0.717) is 5.56 Å². The Labute approximate surface area is 147 Å². The van der Waals surface area contributed by atoms with Gasteiger partial charge in [-0.2, -0.15) is 0 Å². The molecule has 25 heavy (non-hydrogen) atoms. The zero-order chi connectivity index (χ0) is 17.8. The Bertz CT molecular complexity index is 825. The van der Waals surface area contributed by atoms with Gasteiger partial charge in [0, 0.05) is 5.56 Å². The van der Waals surface area contributed by atoms with Crippen LogP contribution in [0.5, 0.6) is 0 Å². The van der Waals surface area contributed by atoms with E-state index in [-0.39, 0.29) is 30.2 Å². The summed E-state index contributed by atoms with van der Waals surface area (Å²) in [5, 5.41) is 5.33. The summed E-state index contributed by atoms with van der Waals surface area (Å²) in [5.41, 5.74) is 3.73. The molecule has 128 valence electrons. The summed E-state index contributed by atoms with van der Waals surface area (Å²) in [6, 6.07) is 15.1. The number of hydrogen-bond donors (Lipinski definition) is 2. The molecule has 0 spiro atoms. The van der Waals surface area contributed by atoms with E-state index in [1.165, 1.54) is 5.56 Å². The fourth-order valence-corrected chi connectivity index (χ4v) is 2.79. The smallest absolute Gasteiger partial charge is 0.257 e. The second-order valence-corrected chi connectivity index (χ2v) is 6.16. The van der Waals surface area contributed by atoms with Crippen molar-refractivity contribution in [3.63, 3.8) is 0 Å². The van der Waals surface area contributed by atoms with Crippen molar-refractivity contribution < 1.29 is 9.59 Å². The van der Waals surface area contributed by atoms with E-state index in [2.05, 4.69) is 22.5 Å². The van der Waals surface area contributed by atoms with Crippen LogP contribution in [-0.2, 0) is 11.2 Å². The highest BCUT2D eigenvalue weighted by molar-refractivity contribution is 6.10. The molecule has 2 N–H and O–H groups in total. The number of benzene rings is 2. The van der Waals surface area contributed by atoms with Gasteiger partial charge in [-0.3, -0.25) is 20.2 Å². The second kappa shape index (κ2) is 7.30. The molecule has 1 aliphatic rings. The van der Waals surface area contributed by atoms with E-state index in [1.807, 2.05) is 43.3 Å². The fourth-order valence-electron chi connectivity index (χ4n) is 2.79. The standard InChI is InChI=1S/C20H21N3O2/c1-3-14-7-9-15(10-8-14)17-12-18(24)22-20(21-17)23-19(25)16-6-4-5-13(2)11-16/h4-11,17H,3,12H2,1-2H3,(H2,21,22,23,24,25)/t17-/m1/s1. The van der Waals surface area contributed by atoms with Crippen LogP contribution in [0.15, 0.2) is 53.5 Å². The average Bonchev–Trinajstić information content (AvgIpc) is 2.61. The van der Waals surface area contributed by atoms with Crippen molar-refractivity contribution in [3.05, 3.63) is 70.8 Å². The third-order valence-corrected chi connectivity index (χ3v) is 4.21. The topological polar surface area (TPSA) is 70.6 Å². The first kappa shape index (κ1) is 16.9. The van der Waals surface area contributed by atoms with Gasteiger partial charge >= 0.3 is 0 Å². The van der Waals surface area contributed by atoms with Crippen molar-refractivity contribution in [1.29, 1.82) is 0 Å². The van der Waals surface area contributed by atoms with Crippen molar-refractivity contribution in [3.8, 4) is 0 Å². The number of nitrogens with zero attached hydrogens (tertiary/aromatic N) is 1. The van der Waals surface area contributed by atoms with Crippen molar-refractivity contribution in [2.24, 2.45) is 4.99 Å². The fraction of sp³-hybridized carbons (Fsp3) is 0.250. The van der Waals surface area contributed by atoms with Crippen LogP contribution in [0.25, 0.3) is 0 Å². The summed E-state index contributed by atoms with van der Waals surface area (Å²) < 4.78 is 0. The van der Waals surface area contributed by atoms with Gasteiger partial charge in [-0.1, -0.05) is 48.9 Å². The minimum atomic E-state index is -0.287. The molecular formula is C20H21N3O2. The van der Waals surface area contributed by atoms with Crippen LogP contribution in [0.2, 0.25) is 0 Å². The van der Waals surface area contributed by atoms with Gasteiger partial charge in [-0.25, -0.2) is 4.99 Å². The van der Waals surface area contributed by atoms with Crippen molar-refractivity contribution in [2.45, 2.75) is 32.7 Å². The number of carbonyl (C=O) groups excluding carboxylic acids is 2. The van der Waals surface area contributed by atoms with E-state index in [0.717, 1.165) is 17.5 Å². The minimum absolute atomic E-state index is 0.154. The molecule has 1 atom stereocenters. The lowest BCUT2D eigenvalue weighted by atomic mass is 10.0. The van der Waals surface area contributed by atoms with Gasteiger partial charge in [-0.05, 0) is 36.6 Å². The average molecular weight is 335 g/mol. The Kier molecular flexibility index (Phi) is 4.93. The quantitative estimate of drug-likeness (QED) is 0.905. The number of amides is 2. The maximum Gasteiger partial charge on any atom is 0.257 e. The van der Waals surface area contributed by atoms with Crippen molar-refractivity contribution >= 4 is 17.8 Å². The largest absolute Gasteiger partial charge is 0.296 e. The van der Waals surface area contributed by atoms with Crippen molar-refractivity contribution in [2.75, 3.05) is 0 Å². The van der Waals surface area contributed by atoms with Crippen LogP contribution in [0.1, 0.15) is 46.4 Å². The SMILES string of the molecule is CCc1ccc([C@H]2CC(=O)NC(NC(=O)c3cccc(C)c3)=N2)cc1. The molecule has 0 saturated heterocycles. The molecule has 1 aliphatic heterocycles. The van der Waals surface area contributed by atoms with Crippen LogP contribution in [0.3, 0.4) is 0 Å². The monoisotopic (exact) mass is 335 g/mol. The number of nitrogens with one attached hydrogen (secondary N) is 2. The lowest BCUT2D eigenvalue weighted by Crippen LogP contribution is -2.47. The van der Waals surface area contributed by atoms with Crippen LogP contribution < -0.4 is 10.6 Å². The maximum atomic E-state index is 12.4. The third-order valence-electron chi connectivity index (χ3n) is 4.21. The van der Waals surface area contributed by atoms with Gasteiger partial charge in [0.05, 0.1) is 12.5 Å². The maximum absolute atomic E-state index is 12.4. The number of guanidine groups is 1. The molecule has 0 radical (unpaired) electrons. The Morgan fingerprint density at radius 2 is 2.00 bits per heavy atom. The Morgan fingerprint density at radius 1 is 1.24 bits per heavy atom. The van der Waals surface area contributed by atoms with Crippen LogP contribution in [0.4, 0.5) is 0 Å². The first-order valence-electron chi connectivity index (χ1n) is 8.39. The van der Waals surface area contributed by atoms with Crippen molar-refractivity contribution in [1.82, 2.24) is 10.6 Å². The first-order valence-corrected chi connectivity index (χ1v) is 8.39. The van der Waals surface area contributed by atoms with E-state index in [4.69, 9.17) is 0 Å². The van der Waals surface area contributed by atoms with E-state index < -0.39 is 0 Å². The van der Waals surface area contributed by atoms with Crippen LogP contribution in [0, 0.1) is 6.92 Å². The van der Waals surface area contributed by atoms with Crippen LogP contribution >= 0.6 is 0 Å². The number of rotatable bonds is 3. The first-order chi connectivity index (χ1) is 12.0. The van der Waals surface area contributed by atoms with E-state index in [1.54, 1.807) is 12.1 Å². The number of hydrogen-bond acceptors (Lipinski definition) is 3. The molecule has 3 rings (SSSR count). The highest BCUT2D eigenvalue weighted by atomic mass is 16.2. The van der Waals surface area contributed by atoms with Gasteiger partial charge in [0.2, 0.25) is 11.9 Å². The molecule has 0 saturated carbocycles. The molecule has 0 aliphatic carbocycles. The number of aliphatic imine (C=N–C) groups is 1. The molecule has 2 aromatic carbocycles. The predicted molar refractivity (Wildman–Crippen MR) is 97.4 cm³/mol. The van der Waals surface area contributed by atoms with E-state index in [9.17, 15) is 9.59 Å². The molecular weight excluding hydrogens is 314 g/mol. The number of carbonyl (C=O) groups is 2. The van der Waals surface area contributed by atoms with Gasteiger partial charge in [0.1, 0.15) is 0 Å². The Balaban J connectivity index is 1.78. The lowest BCUT2D eigenvalue weighted by molar-refractivity contribution is -0.120. The predicted octanol–water partition coefficient (Wildman–Crippen LogP) is 2.90. The van der Waals surface area contributed by atoms with Crippen LogP contribution in [-0.4, -0.2) is 17.8 Å². The lowest BCUT2D eigenvalue weighted by Gasteiger charge is -2.21. The molecule has 5 nitrogen and oxygen atoms in total. The molecule has 2 aromatic rings. The molecule has 0 unspecified atom stereocenters. The molecule has 0 bridgehead atoms. The third kappa shape index (κ3) is 4.12. The van der Waals surface area contributed by atoms with Gasteiger partial charge in [-0.15, -0.1) is 0 Å². The zero-order valence-electron chi connectivity index (χ0n) is 14.4. The molecule has 2 amide bonds. The summed E-state index contributed by atoms with van der Waals surface area (Å²) in [7, 11) is 0.